The van der Waals surface area contributed by atoms with Crippen molar-refractivity contribution in [3.05, 3.63) is 70.7 Å². The normalized spacial score (nSPS) is 10.3. The van der Waals surface area contributed by atoms with E-state index in [1.54, 1.807) is 30.3 Å². The van der Waals surface area contributed by atoms with Crippen LogP contribution < -0.4 is 10.1 Å². The molecule has 3 aromatic carbocycles. The SMILES string of the molecule is O=COc1ccccc1NC(=O)c1ccc2cc(Br)ccc2c1. The molecule has 0 aliphatic carbocycles. The molecule has 0 saturated heterocycles. The number of carbonyl (C=O) groups is 2. The maximum atomic E-state index is 12.4. The van der Waals surface area contributed by atoms with Crippen LogP contribution in [0.5, 0.6) is 5.75 Å². The molecule has 0 bridgehead atoms. The van der Waals surface area contributed by atoms with Crippen LogP contribution in [0.1, 0.15) is 10.4 Å². The topological polar surface area (TPSA) is 55.4 Å². The lowest BCUT2D eigenvalue weighted by atomic mass is 10.1. The maximum absolute atomic E-state index is 12.4. The van der Waals surface area contributed by atoms with Crippen LogP contribution in [0, 0.1) is 0 Å². The zero-order valence-corrected chi connectivity index (χ0v) is 13.5. The third-order valence-electron chi connectivity index (χ3n) is 3.37. The molecule has 1 amide bonds. The highest BCUT2D eigenvalue weighted by molar-refractivity contribution is 9.10. The Kier molecular flexibility index (Phi) is 4.39. The molecule has 0 unspecified atom stereocenters. The van der Waals surface area contributed by atoms with Crippen molar-refractivity contribution >= 4 is 44.8 Å². The third kappa shape index (κ3) is 3.40. The van der Waals surface area contributed by atoms with Crippen molar-refractivity contribution in [2.75, 3.05) is 5.32 Å². The molecule has 0 aliphatic rings. The Morgan fingerprint density at radius 2 is 1.74 bits per heavy atom. The third-order valence-corrected chi connectivity index (χ3v) is 3.87. The van der Waals surface area contributed by atoms with Crippen LogP contribution in [-0.4, -0.2) is 12.4 Å². The van der Waals surface area contributed by atoms with Gasteiger partial charge in [-0.2, -0.15) is 0 Å². The van der Waals surface area contributed by atoms with Crippen LogP contribution >= 0.6 is 15.9 Å². The summed E-state index contributed by atoms with van der Waals surface area (Å²) in [4.78, 5) is 22.9. The number of hydrogen-bond acceptors (Lipinski definition) is 3. The van der Waals surface area contributed by atoms with Crippen LogP contribution in [-0.2, 0) is 4.79 Å². The van der Waals surface area contributed by atoms with Crippen LogP contribution in [0.25, 0.3) is 10.8 Å². The number of rotatable bonds is 4. The Labute approximate surface area is 141 Å². The van der Waals surface area contributed by atoms with Crippen LogP contribution in [0.4, 0.5) is 5.69 Å². The average Bonchev–Trinajstić information content (AvgIpc) is 2.56. The molecule has 0 atom stereocenters. The smallest absolute Gasteiger partial charge is 0.298 e. The van der Waals surface area contributed by atoms with Gasteiger partial charge >= 0.3 is 0 Å². The second kappa shape index (κ2) is 6.62. The highest BCUT2D eigenvalue weighted by Gasteiger charge is 2.10. The lowest BCUT2D eigenvalue weighted by Gasteiger charge is -2.09. The van der Waals surface area contributed by atoms with Crippen molar-refractivity contribution in [2.24, 2.45) is 0 Å². The summed E-state index contributed by atoms with van der Waals surface area (Å²) < 4.78 is 5.84. The predicted octanol–water partition coefficient (Wildman–Crippen LogP) is 4.39. The molecule has 4 nitrogen and oxygen atoms in total. The van der Waals surface area contributed by atoms with Gasteiger partial charge in [-0.15, -0.1) is 0 Å². The molecule has 0 saturated carbocycles. The molecule has 5 heteroatoms. The molecule has 0 radical (unpaired) electrons. The minimum atomic E-state index is -0.267. The van der Waals surface area contributed by atoms with E-state index in [1.807, 2.05) is 30.3 Å². The summed E-state index contributed by atoms with van der Waals surface area (Å²) in [7, 11) is 0. The van der Waals surface area contributed by atoms with Crippen molar-refractivity contribution in [1.29, 1.82) is 0 Å². The van der Waals surface area contributed by atoms with E-state index in [4.69, 9.17) is 4.74 Å². The summed E-state index contributed by atoms with van der Waals surface area (Å²) in [6, 6.07) is 18.1. The summed E-state index contributed by atoms with van der Waals surface area (Å²) in [6.45, 7) is 0.332. The van der Waals surface area contributed by atoms with Gasteiger partial charge < -0.3 is 10.1 Å². The fraction of sp³-hybridized carbons (Fsp3) is 0. The Bertz CT molecular complexity index is 892. The van der Waals surface area contributed by atoms with Gasteiger partial charge in [0.1, 0.15) is 0 Å². The highest BCUT2D eigenvalue weighted by atomic mass is 79.9. The molecule has 114 valence electrons. The summed E-state index contributed by atoms with van der Waals surface area (Å²) in [5.74, 6) is 0.0392. The standard InChI is InChI=1S/C18H12BrNO3/c19-15-8-7-12-9-14(6-5-13(12)10-15)18(22)20-16-3-1-2-4-17(16)23-11-21/h1-11H,(H,20,22). The predicted molar refractivity (Wildman–Crippen MR) is 92.7 cm³/mol. The molecule has 0 aromatic heterocycles. The van der Waals surface area contributed by atoms with Gasteiger partial charge in [0.15, 0.2) is 5.75 Å². The Hall–Kier alpha value is -2.66. The molecule has 0 heterocycles. The van der Waals surface area contributed by atoms with Crippen molar-refractivity contribution < 1.29 is 14.3 Å². The van der Waals surface area contributed by atoms with E-state index in [9.17, 15) is 9.59 Å². The average molecular weight is 370 g/mol. The number of para-hydroxylation sites is 2. The molecule has 0 spiro atoms. The summed E-state index contributed by atoms with van der Waals surface area (Å²) in [5, 5.41) is 4.77. The molecule has 1 N–H and O–H groups in total. The Morgan fingerprint density at radius 3 is 2.57 bits per heavy atom. The van der Waals surface area contributed by atoms with Gasteiger partial charge in [0.05, 0.1) is 5.69 Å². The van der Waals surface area contributed by atoms with Gasteiger partial charge in [0.2, 0.25) is 0 Å². The van der Waals surface area contributed by atoms with Gasteiger partial charge in [0.25, 0.3) is 12.4 Å². The van der Waals surface area contributed by atoms with Gasteiger partial charge in [-0.05, 0) is 47.2 Å². The number of halogens is 1. The van der Waals surface area contributed by atoms with Crippen molar-refractivity contribution in [3.8, 4) is 5.75 Å². The number of fused-ring (bicyclic) bond motifs is 1. The van der Waals surface area contributed by atoms with E-state index in [0.29, 0.717) is 23.5 Å². The lowest BCUT2D eigenvalue weighted by Crippen LogP contribution is -2.12. The Balaban J connectivity index is 1.89. The number of amides is 1. The monoisotopic (exact) mass is 369 g/mol. The molecule has 0 fully saturated rings. The number of anilines is 1. The van der Waals surface area contributed by atoms with Crippen molar-refractivity contribution in [3.63, 3.8) is 0 Å². The summed E-state index contributed by atoms with van der Waals surface area (Å²) in [5.41, 5.74) is 0.973. The van der Waals surface area contributed by atoms with E-state index in [0.717, 1.165) is 15.2 Å². The number of hydrogen-bond donors (Lipinski definition) is 1. The van der Waals surface area contributed by atoms with Gasteiger partial charge in [0, 0.05) is 10.0 Å². The van der Waals surface area contributed by atoms with Crippen LogP contribution in [0.15, 0.2) is 65.1 Å². The fourth-order valence-electron chi connectivity index (χ4n) is 2.28. The number of ether oxygens (including phenoxy) is 1. The second-order valence-corrected chi connectivity index (χ2v) is 5.79. The Morgan fingerprint density at radius 1 is 1.00 bits per heavy atom. The van der Waals surface area contributed by atoms with E-state index in [2.05, 4.69) is 21.2 Å². The first-order valence-electron chi connectivity index (χ1n) is 6.87. The molecular formula is C18H12BrNO3. The number of carbonyl (C=O) groups excluding carboxylic acids is 2. The zero-order valence-electron chi connectivity index (χ0n) is 12.0. The minimum absolute atomic E-state index is 0.267. The summed E-state index contributed by atoms with van der Waals surface area (Å²) >= 11 is 3.43. The quantitative estimate of drug-likeness (QED) is 0.693. The molecule has 3 aromatic rings. The molecule has 3 rings (SSSR count). The largest absolute Gasteiger partial charge is 0.427 e. The maximum Gasteiger partial charge on any atom is 0.298 e. The molecule has 0 aliphatic heterocycles. The lowest BCUT2D eigenvalue weighted by molar-refractivity contribution is -0.120. The summed E-state index contributed by atoms with van der Waals surface area (Å²) in [6.07, 6.45) is 0. The first kappa shape index (κ1) is 15.2. The van der Waals surface area contributed by atoms with E-state index in [-0.39, 0.29) is 5.91 Å². The minimum Gasteiger partial charge on any atom is -0.427 e. The van der Waals surface area contributed by atoms with Crippen LogP contribution in [0.3, 0.4) is 0 Å². The van der Waals surface area contributed by atoms with Crippen molar-refractivity contribution in [1.82, 2.24) is 0 Å². The molecular weight excluding hydrogens is 358 g/mol. The zero-order chi connectivity index (χ0) is 16.2. The highest BCUT2D eigenvalue weighted by Crippen LogP contribution is 2.25. The second-order valence-electron chi connectivity index (χ2n) is 4.87. The number of benzene rings is 3. The fourth-order valence-corrected chi connectivity index (χ4v) is 2.66. The van der Waals surface area contributed by atoms with E-state index >= 15 is 0 Å². The van der Waals surface area contributed by atoms with E-state index < -0.39 is 0 Å². The van der Waals surface area contributed by atoms with Gasteiger partial charge in [-0.3, -0.25) is 9.59 Å². The molecule has 23 heavy (non-hydrogen) atoms. The van der Waals surface area contributed by atoms with E-state index in [1.165, 1.54) is 0 Å². The van der Waals surface area contributed by atoms with Crippen LogP contribution in [0.2, 0.25) is 0 Å². The first-order chi connectivity index (χ1) is 11.2. The van der Waals surface area contributed by atoms with Gasteiger partial charge in [-0.1, -0.05) is 40.2 Å². The van der Waals surface area contributed by atoms with Crippen molar-refractivity contribution in [2.45, 2.75) is 0 Å². The number of nitrogens with one attached hydrogen (secondary N) is 1. The first-order valence-corrected chi connectivity index (χ1v) is 7.67. The van der Waals surface area contributed by atoms with Gasteiger partial charge in [-0.25, -0.2) is 0 Å².